The lowest BCUT2D eigenvalue weighted by molar-refractivity contribution is 0.670. The first-order chi connectivity index (χ1) is 28.1. The first kappa shape index (κ1) is 21.0. The molecule has 0 N–H and O–H groups in total. The summed E-state index contributed by atoms with van der Waals surface area (Å²) >= 11 is 1.71. The molecule has 232 valence electrons. The van der Waals surface area contributed by atoms with E-state index in [1.165, 1.54) is 0 Å². The molecule has 0 atom stereocenters. The predicted molar refractivity (Wildman–Crippen MR) is 215 cm³/mol. The molecular weight excluding hydrogens is 625 g/mol. The van der Waals surface area contributed by atoms with E-state index in [9.17, 15) is 5.48 Å². The van der Waals surface area contributed by atoms with Crippen LogP contribution in [-0.4, -0.2) is 0 Å². The van der Waals surface area contributed by atoms with Crippen LogP contribution in [0.25, 0.3) is 108 Å². The van der Waals surface area contributed by atoms with Crippen LogP contribution in [0.3, 0.4) is 0 Å². The molecule has 11 aromatic rings. The lowest BCUT2D eigenvalue weighted by Gasteiger charge is -2.19. The highest BCUT2D eigenvalue weighted by molar-refractivity contribution is 7.26. The highest BCUT2D eigenvalue weighted by Gasteiger charge is 2.23. The third-order valence-electron chi connectivity index (χ3n) is 9.90. The summed E-state index contributed by atoms with van der Waals surface area (Å²) in [5.74, 6) is 0. The van der Waals surface area contributed by atoms with Crippen molar-refractivity contribution in [2.45, 2.75) is 0 Å². The van der Waals surface area contributed by atoms with Crippen molar-refractivity contribution >= 4 is 85.8 Å². The molecule has 0 bridgehead atoms. The number of thiophene rings is 1. The Morgan fingerprint density at radius 2 is 1.10 bits per heavy atom. The number of hydrogen-bond acceptors (Lipinski definition) is 2. The van der Waals surface area contributed by atoms with Crippen molar-refractivity contribution < 1.29 is 15.4 Å². The van der Waals surface area contributed by atoms with Gasteiger partial charge in [0.2, 0.25) is 0 Å². The molecule has 0 aliphatic rings. The highest BCUT2D eigenvalue weighted by Crippen LogP contribution is 2.50. The average Bonchev–Trinajstić information content (AvgIpc) is 3.84. The van der Waals surface area contributed by atoms with Crippen LogP contribution in [0.2, 0.25) is 0 Å². The van der Waals surface area contributed by atoms with Crippen LogP contribution in [0.1, 0.15) is 11.0 Å². The molecule has 0 saturated heterocycles. The van der Waals surface area contributed by atoms with Crippen LogP contribution in [0.5, 0.6) is 0 Å². The number of rotatable bonds is 3. The largest absolute Gasteiger partial charge is 0.455 e. The van der Waals surface area contributed by atoms with Gasteiger partial charge in [-0.2, -0.15) is 0 Å². The molecule has 0 aliphatic carbocycles. The maximum Gasteiger partial charge on any atom is 0.143 e. The van der Waals surface area contributed by atoms with Crippen LogP contribution in [-0.2, 0) is 0 Å². The third kappa shape index (κ3) is 3.94. The van der Waals surface area contributed by atoms with Crippen LogP contribution >= 0.6 is 11.3 Å². The minimum atomic E-state index is -0.440. The van der Waals surface area contributed by atoms with Crippen LogP contribution in [0, 0.1) is 0 Å². The summed E-state index contributed by atoms with van der Waals surface area (Å²) in [5.41, 5.74) is 4.68. The zero-order valence-electron chi connectivity index (χ0n) is 34.4. The van der Waals surface area contributed by atoms with E-state index >= 15 is 0 Å². The zero-order chi connectivity index (χ0) is 39.7. The Kier molecular flexibility index (Phi) is 4.47. The van der Waals surface area contributed by atoms with Crippen molar-refractivity contribution in [3.05, 3.63) is 170 Å². The fourth-order valence-corrected chi connectivity index (χ4v) is 8.97. The summed E-state index contributed by atoms with van der Waals surface area (Å²) in [6.07, 6.45) is 0. The molecule has 0 aliphatic heterocycles. The van der Waals surface area contributed by atoms with E-state index in [1.54, 1.807) is 11.3 Å². The van der Waals surface area contributed by atoms with Crippen molar-refractivity contribution in [1.29, 1.82) is 0 Å². The molecule has 1 nitrogen and oxygen atoms in total. The molecule has 0 saturated carbocycles. The molecular formula is C48H28OS. The maximum absolute atomic E-state index is 9.55. The second kappa shape index (κ2) is 10.6. The van der Waals surface area contributed by atoms with E-state index < -0.39 is 24.2 Å². The van der Waals surface area contributed by atoms with Gasteiger partial charge in [0.25, 0.3) is 0 Å². The van der Waals surface area contributed by atoms with Crippen molar-refractivity contribution in [2.75, 3.05) is 0 Å². The van der Waals surface area contributed by atoms with Gasteiger partial charge >= 0.3 is 0 Å². The molecule has 50 heavy (non-hydrogen) atoms. The fraction of sp³-hybridized carbons (Fsp3) is 0. The second-order valence-electron chi connectivity index (χ2n) is 12.6. The first-order valence-electron chi connectivity index (χ1n) is 20.4. The monoisotopic (exact) mass is 660 g/mol. The van der Waals surface area contributed by atoms with Gasteiger partial charge in [0.15, 0.2) is 0 Å². The summed E-state index contributed by atoms with van der Waals surface area (Å²) in [6.45, 7) is 0. The van der Waals surface area contributed by atoms with Gasteiger partial charge in [0.05, 0.1) is 11.0 Å². The van der Waals surface area contributed by atoms with Gasteiger partial charge in [0, 0.05) is 42.1 Å². The quantitative estimate of drug-likeness (QED) is 0.172. The fourth-order valence-electron chi connectivity index (χ4n) is 7.74. The third-order valence-corrected chi connectivity index (χ3v) is 11.1. The van der Waals surface area contributed by atoms with Crippen LogP contribution in [0.15, 0.2) is 174 Å². The first-order valence-corrected chi connectivity index (χ1v) is 17.3. The topological polar surface area (TPSA) is 13.1 Å². The van der Waals surface area contributed by atoms with Gasteiger partial charge < -0.3 is 4.42 Å². The van der Waals surface area contributed by atoms with Crippen molar-refractivity contribution in [1.82, 2.24) is 0 Å². The minimum Gasteiger partial charge on any atom is -0.455 e. The molecule has 9 aromatic carbocycles. The van der Waals surface area contributed by atoms with Crippen molar-refractivity contribution in [2.24, 2.45) is 0 Å². The standard InChI is InChI=1S/C48H28OS/c1-2-13-30-28-31(25-24-29(30)12-1)44-33-15-3-5-17-35(33)45(36-18-6-4-16-34(36)44)41-27-26-37(47-46(41)40-19-7-9-22-42(40)49-47)39-21-11-20-38-32-14-8-10-23-43(32)50-48(38)39/h1-28H/i3D,4D,5D,6D,15D,16D,17D,18D. The average molecular weight is 661 g/mol. The maximum atomic E-state index is 9.55. The summed E-state index contributed by atoms with van der Waals surface area (Å²) in [4.78, 5) is 0. The van der Waals surface area contributed by atoms with Crippen LogP contribution < -0.4 is 0 Å². The molecule has 2 heterocycles. The molecule has 2 aromatic heterocycles. The van der Waals surface area contributed by atoms with Crippen LogP contribution in [0.4, 0.5) is 0 Å². The van der Waals surface area contributed by atoms with Gasteiger partial charge in [0.1, 0.15) is 11.2 Å². The Balaban J connectivity index is 1.36. The summed E-state index contributed by atoms with van der Waals surface area (Å²) in [7, 11) is 0. The van der Waals surface area contributed by atoms with E-state index in [0.717, 1.165) is 47.5 Å². The Morgan fingerprint density at radius 1 is 0.460 bits per heavy atom. The molecule has 11 rings (SSSR count). The number of hydrogen-bond donors (Lipinski definition) is 0. The number of furan rings is 1. The zero-order valence-corrected chi connectivity index (χ0v) is 27.2. The molecule has 0 radical (unpaired) electrons. The van der Waals surface area contributed by atoms with E-state index in [-0.39, 0.29) is 51.3 Å². The molecule has 0 amide bonds. The van der Waals surface area contributed by atoms with Crippen molar-refractivity contribution in [3.8, 4) is 33.4 Å². The predicted octanol–water partition coefficient (Wildman–Crippen LogP) is 14.4. The smallest absolute Gasteiger partial charge is 0.143 e. The van der Waals surface area contributed by atoms with Crippen molar-refractivity contribution in [3.63, 3.8) is 0 Å². The summed E-state index contributed by atoms with van der Waals surface area (Å²) in [5, 5.41) is 6.24. The Morgan fingerprint density at radius 3 is 1.90 bits per heavy atom. The molecule has 2 heteroatoms. The van der Waals surface area contributed by atoms with Gasteiger partial charge in [-0.05, 0) is 78.8 Å². The van der Waals surface area contributed by atoms with E-state index in [4.69, 9.17) is 9.90 Å². The lowest BCUT2D eigenvalue weighted by atomic mass is 9.84. The minimum absolute atomic E-state index is 0.164. The van der Waals surface area contributed by atoms with Gasteiger partial charge in [-0.15, -0.1) is 11.3 Å². The second-order valence-corrected chi connectivity index (χ2v) is 13.6. The Hall–Kier alpha value is -6.22. The number of fused-ring (bicyclic) bond motifs is 9. The molecule has 0 unspecified atom stereocenters. The SMILES string of the molecule is [2H]c1c([2H])c([2H])c2c(-c3ccc(-c4cccc5c4sc4ccccc45)c4oc5ccccc5c34)c3c([2H])c([2H])c([2H])c([2H])c3c(-c3ccc4ccccc4c3)c2c1[2H]. The van der Waals surface area contributed by atoms with Gasteiger partial charge in [-0.1, -0.05) is 145 Å². The van der Waals surface area contributed by atoms with E-state index in [0.29, 0.717) is 33.2 Å². The Labute approximate surface area is 303 Å². The molecule has 0 spiro atoms. The van der Waals surface area contributed by atoms with Gasteiger partial charge in [-0.3, -0.25) is 0 Å². The number of para-hydroxylation sites is 1. The van der Waals surface area contributed by atoms with E-state index in [2.05, 4.69) is 24.3 Å². The highest BCUT2D eigenvalue weighted by atomic mass is 32.1. The summed E-state index contributed by atoms with van der Waals surface area (Å²) < 4.78 is 82.8. The summed E-state index contributed by atoms with van der Waals surface area (Å²) in [6, 6.07) is 36.6. The number of benzene rings is 9. The molecule has 0 fully saturated rings. The lowest BCUT2D eigenvalue weighted by Crippen LogP contribution is -1.92. The Bertz CT molecular complexity index is 3540. The van der Waals surface area contributed by atoms with Gasteiger partial charge in [-0.25, -0.2) is 0 Å². The van der Waals surface area contributed by atoms with E-state index in [1.807, 2.05) is 97.1 Å². The normalized spacial score (nSPS) is 14.2.